The van der Waals surface area contributed by atoms with Crippen LogP contribution in [0.3, 0.4) is 0 Å². The summed E-state index contributed by atoms with van der Waals surface area (Å²) in [6, 6.07) is 9.59. The number of carbonyl (C=O) groups is 2. The van der Waals surface area contributed by atoms with Crippen LogP contribution < -0.4 is 10.6 Å². The average Bonchev–Trinajstić information content (AvgIpc) is 3.04. The predicted molar refractivity (Wildman–Crippen MR) is 93.7 cm³/mol. The number of hydrogen-bond donors (Lipinski definition) is 3. The maximum absolute atomic E-state index is 12.1. The second kappa shape index (κ2) is 8.60. The third-order valence-electron chi connectivity index (χ3n) is 3.40. The first kappa shape index (κ1) is 18.1. The Morgan fingerprint density at radius 3 is 2.72 bits per heavy atom. The smallest absolute Gasteiger partial charge is 0.291 e. The van der Waals surface area contributed by atoms with Gasteiger partial charge in [-0.3, -0.25) is 9.59 Å². The molecule has 0 fully saturated rings. The first-order valence-corrected chi connectivity index (χ1v) is 7.94. The van der Waals surface area contributed by atoms with Crippen LogP contribution in [-0.4, -0.2) is 23.5 Å². The molecule has 1 aromatic heterocycles. The monoisotopic (exact) mass is 340 g/mol. The van der Waals surface area contributed by atoms with Crippen molar-refractivity contribution in [3.8, 4) is 12.0 Å². The van der Waals surface area contributed by atoms with Gasteiger partial charge >= 0.3 is 0 Å². The van der Waals surface area contributed by atoms with Gasteiger partial charge in [0.25, 0.3) is 11.8 Å². The van der Waals surface area contributed by atoms with Crippen LogP contribution in [0.15, 0.2) is 40.8 Å². The lowest BCUT2D eigenvalue weighted by atomic mass is 10.1. The number of carbonyl (C=O) groups excluding carboxylic acids is 2. The molecule has 2 rings (SSSR count). The van der Waals surface area contributed by atoms with E-state index in [-0.39, 0.29) is 17.4 Å². The first-order chi connectivity index (χ1) is 12.0. The topological polar surface area (TPSA) is 91.6 Å². The van der Waals surface area contributed by atoms with Gasteiger partial charge in [-0.2, -0.15) is 0 Å². The van der Waals surface area contributed by atoms with Crippen molar-refractivity contribution in [2.24, 2.45) is 5.92 Å². The first-order valence-electron chi connectivity index (χ1n) is 7.94. The van der Waals surface area contributed by atoms with E-state index in [4.69, 9.17) is 9.52 Å². The van der Waals surface area contributed by atoms with E-state index in [1.807, 2.05) is 0 Å². The molecule has 2 aromatic rings. The highest BCUT2D eigenvalue weighted by Gasteiger charge is 2.12. The van der Waals surface area contributed by atoms with Crippen LogP contribution in [0.4, 0.5) is 5.69 Å². The molecule has 3 N–H and O–H groups in total. The number of benzene rings is 1. The van der Waals surface area contributed by atoms with Gasteiger partial charge in [0.05, 0.1) is 0 Å². The molecule has 0 aliphatic heterocycles. The molecule has 2 amide bonds. The molecule has 0 atom stereocenters. The van der Waals surface area contributed by atoms with Crippen LogP contribution in [0.5, 0.6) is 0 Å². The standard InChI is InChI=1S/C19H20N2O4/c1-13(2)8-10-20-18(23)14-4-3-5-15(12-14)21-19(24)17-7-6-16(25-17)9-11-22/h3-7,12-13,22H,8,10H2,1-2H3,(H,20,23)(H,21,24). The fourth-order valence-corrected chi connectivity index (χ4v) is 2.09. The molecule has 0 bridgehead atoms. The van der Waals surface area contributed by atoms with Crippen molar-refractivity contribution >= 4 is 17.5 Å². The summed E-state index contributed by atoms with van der Waals surface area (Å²) in [6.07, 6.45) is 2.61. The minimum absolute atomic E-state index is 0.0598. The third-order valence-corrected chi connectivity index (χ3v) is 3.40. The normalized spacial score (nSPS) is 10.0. The van der Waals surface area contributed by atoms with Crippen LogP contribution >= 0.6 is 0 Å². The minimum Gasteiger partial charge on any atom is -0.462 e. The van der Waals surface area contributed by atoms with Crippen LogP contribution in [0.1, 0.15) is 46.9 Å². The number of aliphatic hydroxyl groups excluding tert-OH is 1. The van der Waals surface area contributed by atoms with E-state index in [9.17, 15) is 9.59 Å². The third kappa shape index (κ3) is 5.43. The zero-order valence-electron chi connectivity index (χ0n) is 14.1. The molecular formula is C19H20N2O4. The largest absolute Gasteiger partial charge is 0.462 e. The number of rotatable bonds is 6. The van der Waals surface area contributed by atoms with Gasteiger partial charge in [0, 0.05) is 23.7 Å². The molecule has 0 saturated heterocycles. The second-order valence-corrected chi connectivity index (χ2v) is 5.87. The van der Waals surface area contributed by atoms with Crippen molar-refractivity contribution in [1.29, 1.82) is 0 Å². The summed E-state index contributed by atoms with van der Waals surface area (Å²) in [5.74, 6) is 2.41. The highest BCUT2D eigenvalue weighted by Crippen LogP contribution is 2.14. The molecule has 0 aliphatic carbocycles. The summed E-state index contributed by atoms with van der Waals surface area (Å²) in [6.45, 7) is 4.79. The van der Waals surface area contributed by atoms with Crippen molar-refractivity contribution in [2.45, 2.75) is 20.3 Å². The molecule has 130 valence electrons. The Kier molecular flexibility index (Phi) is 6.24. The SMILES string of the molecule is CC(C)CCNC(=O)c1cccc(NC(=O)c2ccc(C#CO)o2)c1. The van der Waals surface area contributed by atoms with E-state index in [2.05, 4.69) is 30.4 Å². The van der Waals surface area contributed by atoms with Crippen molar-refractivity contribution < 1.29 is 19.1 Å². The molecule has 25 heavy (non-hydrogen) atoms. The van der Waals surface area contributed by atoms with Gasteiger partial charge in [-0.15, -0.1) is 0 Å². The molecule has 0 saturated carbocycles. The number of furan rings is 1. The molecule has 6 heteroatoms. The summed E-state index contributed by atoms with van der Waals surface area (Å²) in [5, 5.41) is 14.0. The lowest BCUT2D eigenvalue weighted by molar-refractivity contribution is 0.0950. The summed E-state index contributed by atoms with van der Waals surface area (Å²) >= 11 is 0. The van der Waals surface area contributed by atoms with E-state index in [1.165, 1.54) is 12.1 Å². The fourth-order valence-electron chi connectivity index (χ4n) is 2.09. The Bertz CT molecular complexity index is 812. The Balaban J connectivity index is 2.01. The molecule has 0 spiro atoms. The molecular weight excluding hydrogens is 320 g/mol. The van der Waals surface area contributed by atoms with Gasteiger partial charge in [0.1, 0.15) is 6.11 Å². The van der Waals surface area contributed by atoms with E-state index < -0.39 is 5.91 Å². The fraction of sp³-hybridized carbons (Fsp3) is 0.263. The van der Waals surface area contributed by atoms with Crippen molar-refractivity contribution in [3.05, 3.63) is 53.5 Å². The molecule has 0 radical (unpaired) electrons. The minimum atomic E-state index is -0.469. The van der Waals surface area contributed by atoms with Crippen molar-refractivity contribution in [2.75, 3.05) is 11.9 Å². The zero-order chi connectivity index (χ0) is 18.2. The Labute approximate surface area is 146 Å². The number of nitrogens with one attached hydrogen (secondary N) is 2. The summed E-state index contributed by atoms with van der Waals surface area (Å²) in [5.41, 5.74) is 0.945. The van der Waals surface area contributed by atoms with Gasteiger partial charge in [0.2, 0.25) is 0 Å². The van der Waals surface area contributed by atoms with Crippen molar-refractivity contribution in [1.82, 2.24) is 5.32 Å². The quantitative estimate of drug-likeness (QED) is 0.705. The highest BCUT2D eigenvalue weighted by atomic mass is 16.3. The molecule has 0 unspecified atom stereocenters. The molecule has 0 aliphatic rings. The van der Waals surface area contributed by atoms with E-state index >= 15 is 0 Å². The van der Waals surface area contributed by atoms with E-state index in [1.54, 1.807) is 30.4 Å². The van der Waals surface area contributed by atoms with Gasteiger partial charge in [-0.05, 0) is 42.7 Å². The van der Waals surface area contributed by atoms with Crippen LogP contribution in [0.2, 0.25) is 0 Å². The number of hydrogen-bond acceptors (Lipinski definition) is 4. The number of aliphatic hydroxyl groups is 1. The van der Waals surface area contributed by atoms with Gasteiger partial charge in [-0.1, -0.05) is 19.9 Å². The molecule has 1 heterocycles. The van der Waals surface area contributed by atoms with E-state index in [0.29, 0.717) is 23.7 Å². The Morgan fingerprint density at radius 2 is 2.00 bits per heavy atom. The zero-order valence-corrected chi connectivity index (χ0v) is 14.1. The lowest BCUT2D eigenvalue weighted by Crippen LogP contribution is -2.25. The molecule has 1 aromatic carbocycles. The summed E-state index contributed by atoms with van der Waals surface area (Å²) < 4.78 is 5.19. The lowest BCUT2D eigenvalue weighted by Gasteiger charge is -2.09. The van der Waals surface area contributed by atoms with Gasteiger partial charge in [0.15, 0.2) is 11.5 Å². The second-order valence-electron chi connectivity index (χ2n) is 5.87. The maximum Gasteiger partial charge on any atom is 0.291 e. The molecule has 6 nitrogen and oxygen atoms in total. The average molecular weight is 340 g/mol. The van der Waals surface area contributed by atoms with Crippen LogP contribution in [-0.2, 0) is 0 Å². The van der Waals surface area contributed by atoms with E-state index in [0.717, 1.165) is 6.42 Å². The van der Waals surface area contributed by atoms with Crippen LogP contribution in [0, 0.1) is 17.9 Å². The predicted octanol–water partition coefficient (Wildman–Crippen LogP) is 2.99. The Hall–Kier alpha value is -3.20. The highest BCUT2D eigenvalue weighted by molar-refractivity contribution is 6.03. The van der Waals surface area contributed by atoms with Gasteiger partial charge in [-0.25, -0.2) is 0 Å². The summed E-state index contributed by atoms with van der Waals surface area (Å²) in [4.78, 5) is 24.3. The maximum atomic E-state index is 12.1. The Morgan fingerprint density at radius 1 is 1.20 bits per heavy atom. The number of amides is 2. The summed E-state index contributed by atoms with van der Waals surface area (Å²) in [7, 11) is 0. The van der Waals surface area contributed by atoms with Crippen LogP contribution in [0.25, 0.3) is 0 Å². The van der Waals surface area contributed by atoms with Crippen molar-refractivity contribution in [3.63, 3.8) is 0 Å². The number of anilines is 1. The van der Waals surface area contributed by atoms with Gasteiger partial charge < -0.3 is 20.2 Å².